The second kappa shape index (κ2) is 8.98. The van der Waals surface area contributed by atoms with Gasteiger partial charge in [0.2, 0.25) is 0 Å². The lowest BCUT2D eigenvalue weighted by atomic mass is 10.1. The van der Waals surface area contributed by atoms with E-state index in [-0.39, 0.29) is 0 Å². The van der Waals surface area contributed by atoms with Gasteiger partial charge in [-0.25, -0.2) is 0 Å². The molecule has 0 aliphatic heterocycles. The van der Waals surface area contributed by atoms with Crippen molar-refractivity contribution in [3.8, 4) is 5.75 Å². The van der Waals surface area contributed by atoms with Gasteiger partial charge in [0.1, 0.15) is 5.75 Å². The fraction of sp³-hybridized carbons (Fsp3) is 0.263. The van der Waals surface area contributed by atoms with Gasteiger partial charge in [-0.05, 0) is 29.7 Å². The van der Waals surface area contributed by atoms with Crippen molar-refractivity contribution in [1.29, 1.82) is 0 Å². The van der Waals surface area contributed by atoms with Gasteiger partial charge in [-0.1, -0.05) is 48.5 Å². The highest BCUT2D eigenvalue weighted by molar-refractivity contribution is 5.31. The Labute approximate surface area is 127 Å². The largest absolute Gasteiger partial charge is 0.494 e. The quantitative estimate of drug-likeness (QED) is 0.505. The molecule has 0 unspecified atom stereocenters. The molecule has 0 aromatic heterocycles. The third-order valence-corrected chi connectivity index (χ3v) is 3.11. The first-order valence-electron chi connectivity index (χ1n) is 7.33. The van der Waals surface area contributed by atoms with Crippen molar-refractivity contribution in [2.45, 2.75) is 12.8 Å². The minimum Gasteiger partial charge on any atom is -0.494 e. The van der Waals surface area contributed by atoms with E-state index in [9.17, 15) is 0 Å². The monoisotopic (exact) mass is 282 g/mol. The standard InChI is InChI=1S/C19H22O2/c1-2-13-20-14-6-15-21-19-11-9-18(10-12-19)16-17-7-4-3-5-8-17/h2-5,7-12H,1,6,13-16H2. The Morgan fingerprint density at radius 2 is 1.57 bits per heavy atom. The molecule has 0 amide bonds. The molecule has 0 heterocycles. The summed E-state index contributed by atoms with van der Waals surface area (Å²) in [5, 5.41) is 0. The van der Waals surface area contributed by atoms with Gasteiger partial charge in [0.05, 0.1) is 19.8 Å². The molecule has 0 aliphatic rings. The molecule has 110 valence electrons. The van der Waals surface area contributed by atoms with Crippen molar-refractivity contribution in [2.75, 3.05) is 19.8 Å². The Hall–Kier alpha value is -2.06. The number of hydrogen-bond donors (Lipinski definition) is 0. The summed E-state index contributed by atoms with van der Waals surface area (Å²) in [6.07, 6.45) is 3.60. The van der Waals surface area contributed by atoms with Gasteiger partial charge < -0.3 is 9.47 Å². The maximum atomic E-state index is 5.69. The van der Waals surface area contributed by atoms with Crippen LogP contribution in [0.15, 0.2) is 67.3 Å². The van der Waals surface area contributed by atoms with Crippen LogP contribution in [-0.2, 0) is 11.2 Å². The summed E-state index contributed by atoms with van der Waals surface area (Å²) in [7, 11) is 0. The lowest BCUT2D eigenvalue weighted by molar-refractivity contribution is 0.143. The van der Waals surface area contributed by atoms with E-state index in [1.165, 1.54) is 11.1 Å². The summed E-state index contributed by atoms with van der Waals surface area (Å²) >= 11 is 0. The summed E-state index contributed by atoms with van der Waals surface area (Å²) in [5.41, 5.74) is 2.62. The first kappa shape index (κ1) is 15.3. The lowest BCUT2D eigenvalue weighted by Crippen LogP contribution is -2.03. The van der Waals surface area contributed by atoms with Crippen LogP contribution in [0.4, 0.5) is 0 Å². The molecule has 2 aromatic carbocycles. The van der Waals surface area contributed by atoms with E-state index < -0.39 is 0 Å². The molecule has 2 rings (SSSR count). The zero-order valence-electron chi connectivity index (χ0n) is 12.3. The van der Waals surface area contributed by atoms with Crippen molar-refractivity contribution in [1.82, 2.24) is 0 Å². The topological polar surface area (TPSA) is 18.5 Å². The molecule has 0 saturated heterocycles. The van der Waals surface area contributed by atoms with Crippen LogP contribution in [0, 0.1) is 0 Å². The van der Waals surface area contributed by atoms with Crippen LogP contribution >= 0.6 is 0 Å². The van der Waals surface area contributed by atoms with E-state index >= 15 is 0 Å². The minimum atomic E-state index is 0.605. The van der Waals surface area contributed by atoms with Crippen LogP contribution < -0.4 is 4.74 Å². The fourth-order valence-corrected chi connectivity index (χ4v) is 2.05. The van der Waals surface area contributed by atoms with E-state index in [1.54, 1.807) is 6.08 Å². The van der Waals surface area contributed by atoms with E-state index in [0.717, 1.165) is 18.6 Å². The predicted octanol–water partition coefficient (Wildman–Crippen LogP) is 4.25. The van der Waals surface area contributed by atoms with Crippen LogP contribution in [0.25, 0.3) is 0 Å². The highest BCUT2D eigenvalue weighted by Crippen LogP contribution is 2.15. The van der Waals surface area contributed by atoms with Gasteiger partial charge in [0.15, 0.2) is 0 Å². The van der Waals surface area contributed by atoms with Crippen LogP contribution in [0.2, 0.25) is 0 Å². The van der Waals surface area contributed by atoms with Crippen LogP contribution in [0.1, 0.15) is 17.5 Å². The molecular weight excluding hydrogens is 260 g/mol. The zero-order valence-corrected chi connectivity index (χ0v) is 12.3. The van der Waals surface area contributed by atoms with Crippen LogP contribution in [-0.4, -0.2) is 19.8 Å². The Bertz CT molecular complexity index is 517. The first-order valence-corrected chi connectivity index (χ1v) is 7.33. The van der Waals surface area contributed by atoms with Gasteiger partial charge in [-0.3, -0.25) is 0 Å². The second-order valence-electron chi connectivity index (χ2n) is 4.87. The molecule has 2 heteroatoms. The molecule has 2 aromatic rings. The van der Waals surface area contributed by atoms with Crippen LogP contribution in [0.3, 0.4) is 0 Å². The van der Waals surface area contributed by atoms with Gasteiger partial charge in [0.25, 0.3) is 0 Å². The molecule has 0 bridgehead atoms. The summed E-state index contributed by atoms with van der Waals surface area (Å²) in [4.78, 5) is 0. The van der Waals surface area contributed by atoms with Gasteiger partial charge in [-0.15, -0.1) is 6.58 Å². The SMILES string of the molecule is C=CCOCCCOc1ccc(Cc2ccccc2)cc1. The maximum Gasteiger partial charge on any atom is 0.119 e. The Morgan fingerprint density at radius 1 is 0.857 bits per heavy atom. The Kier molecular flexibility index (Phi) is 6.56. The first-order chi connectivity index (χ1) is 10.4. The second-order valence-corrected chi connectivity index (χ2v) is 4.87. The molecular formula is C19H22O2. The van der Waals surface area contributed by atoms with Crippen molar-refractivity contribution in [2.24, 2.45) is 0 Å². The van der Waals surface area contributed by atoms with E-state index in [0.29, 0.717) is 19.8 Å². The third-order valence-electron chi connectivity index (χ3n) is 3.11. The number of hydrogen-bond acceptors (Lipinski definition) is 2. The predicted molar refractivity (Wildman–Crippen MR) is 86.8 cm³/mol. The molecule has 0 fully saturated rings. The van der Waals surface area contributed by atoms with E-state index in [2.05, 4.69) is 43.0 Å². The Balaban J connectivity index is 1.73. The van der Waals surface area contributed by atoms with E-state index in [4.69, 9.17) is 9.47 Å². The molecule has 0 spiro atoms. The maximum absolute atomic E-state index is 5.69. The lowest BCUT2D eigenvalue weighted by Gasteiger charge is -2.07. The number of ether oxygens (including phenoxy) is 2. The zero-order chi connectivity index (χ0) is 14.8. The van der Waals surface area contributed by atoms with Crippen molar-refractivity contribution < 1.29 is 9.47 Å². The highest BCUT2D eigenvalue weighted by Gasteiger charge is 1.98. The normalized spacial score (nSPS) is 10.3. The van der Waals surface area contributed by atoms with Crippen molar-refractivity contribution in [3.63, 3.8) is 0 Å². The molecule has 0 radical (unpaired) electrons. The van der Waals surface area contributed by atoms with Crippen LogP contribution in [0.5, 0.6) is 5.75 Å². The van der Waals surface area contributed by atoms with Crippen molar-refractivity contribution in [3.05, 3.63) is 78.4 Å². The molecule has 0 atom stereocenters. The highest BCUT2D eigenvalue weighted by atomic mass is 16.5. The summed E-state index contributed by atoms with van der Waals surface area (Å²) in [6.45, 7) is 5.60. The fourth-order valence-electron chi connectivity index (χ4n) is 2.05. The average molecular weight is 282 g/mol. The van der Waals surface area contributed by atoms with Crippen molar-refractivity contribution >= 4 is 0 Å². The number of rotatable bonds is 9. The molecule has 2 nitrogen and oxygen atoms in total. The average Bonchev–Trinajstić information content (AvgIpc) is 2.53. The molecule has 21 heavy (non-hydrogen) atoms. The third kappa shape index (κ3) is 5.84. The van der Waals surface area contributed by atoms with Gasteiger partial charge >= 0.3 is 0 Å². The number of benzene rings is 2. The molecule has 0 aliphatic carbocycles. The molecule has 0 N–H and O–H groups in total. The van der Waals surface area contributed by atoms with Gasteiger partial charge in [-0.2, -0.15) is 0 Å². The summed E-state index contributed by atoms with van der Waals surface area (Å²) in [5.74, 6) is 0.913. The Morgan fingerprint density at radius 3 is 2.29 bits per heavy atom. The van der Waals surface area contributed by atoms with E-state index in [1.807, 2.05) is 18.2 Å². The molecule has 0 saturated carbocycles. The minimum absolute atomic E-state index is 0.605. The summed E-state index contributed by atoms with van der Waals surface area (Å²) in [6, 6.07) is 18.8. The smallest absolute Gasteiger partial charge is 0.119 e. The van der Waals surface area contributed by atoms with Gasteiger partial charge in [0, 0.05) is 6.42 Å². The summed E-state index contributed by atoms with van der Waals surface area (Å²) < 4.78 is 11.0.